The maximum absolute atomic E-state index is 11.7. The number of esters is 1. The SMILES string of the molecule is C=COOC(=O)c1cccc(C(=O)OCCCC)c1. The Hall–Kier alpha value is -2.30. The standard InChI is InChI=1S/C14H16O5/c1-3-5-9-17-13(15)11-7-6-8-12(10-11)14(16)19-18-4-2/h4,6-8,10H,2-3,5,9H2,1H3. The van der Waals surface area contributed by atoms with E-state index < -0.39 is 11.9 Å². The molecule has 5 heteroatoms. The van der Waals surface area contributed by atoms with Crippen molar-refractivity contribution in [2.24, 2.45) is 0 Å². The lowest BCUT2D eigenvalue weighted by Crippen LogP contribution is -2.09. The van der Waals surface area contributed by atoms with Crippen molar-refractivity contribution in [3.8, 4) is 0 Å². The Balaban J connectivity index is 2.68. The van der Waals surface area contributed by atoms with Gasteiger partial charge in [0.2, 0.25) is 0 Å². The Labute approximate surface area is 111 Å². The lowest BCUT2D eigenvalue weighted by molar-refractivity contribution is -0.190. The van der Waals surface area contributed by atoms with Crippen LogP contribution in [0.15, 0.2) is 37.1 Å². The third-order valence-electron chi connectivity index (χ3n) is 2.26. The van der Waals surface area contributed by atoms with Crippen molar-refractivity contribution in [1.82, 2.24) is 0 Å². The van der Waals surface area contributed by atoms with Gasteiger partial charge < -0.3 is 4.74 Å². The van der Waals surface area contributed by atoms with Gasteiger partial charge in [-0.15, -0.1) is 0 Å². The minimum absolute atomic E-state index is 0.201. The van der Waals surface area contributed by atoms with Crippen LogP contribution in [0, 0.1) is 0 Å². The quantitative estimate of drug-likeness (QED) is 0.249. The number of unbranched alkanes of at least 4 members (excludes halogenated alkanes) is 1. The molecule has 102 valence electrons. The molecule has 5 nitrogen and oxygen atoms in total. The fraction of sp³-hybridized carbons (Fsp3) is 0.286. The van der Waals surface area contributed by atoms with Crippen molar-refractivity contribution in [1.29, 1.82) is 0 Å². The summed E-state index contributed by atoms with van der Waals surface area (Å²) < 4.78 is 5.05. The molecule has 0 fully saturated rings. The molecule has 0 spiro atoms. The Bertz CT molecular complexity index is 453. The Morgan fingerprint density at radius 3 is 2.58 bits per heavy atom. The van der Waals surface area contributed by atoms with Gasteiger partial charge in [0.15, 0.2) is 0 Å². The highest BCUT2D eigenvalue weighted by Gasteiger charge is 2.13. The highest BCUT2D eigenvalue weighted by atomic mass is 17.2. The first-order valence-electron chi connectivity index (χ1n) is 5.94. The van der Waals surface area contributed by atoms with Gasteiger partial charge in [-0.05, 0) is 24.6 Å². The molecule has 0 atom stereocenters. The maximum atomic E-state index is 11.7. The van der Waals surface area contributed by atoms with Crippen molar-refractivity contribution in [3.05, 3.63) is 48.2 Å². The van der Waals surface area contributed by atoms with E-state index in [1.165, 1.54) is 12.1 Å². The minimum atomic E-state index is -0.705. The van der Waals surface area contributed by atoms with Gasteiger partial charge >= 0.3 is 11.9 Å². The van der Waals surface area contributed by atoms with Crippen LogP contribution >= 0.6 is 0 Å². The van der Waals surface area contributed by atoms with Crippen LogP contribution in [0.2, 0.25) is 0 Å². The number of benzene rings is 1. The summed E-state index contributed by atoms with van der Waals surface area (Å²) in [4.78, 5) is 31.9. The first kappa shape index (κ1) is 14.8. The van der Waals surface area contributed by atoms with E-state index in [0.29, 0.717) is 12.2 Å². The Morgan fingerprint density at radius 1 is 1.26 bits per heavy atom. The molecule has 0 amide bonds. The highest BCUT2D eigenvalue weighted by molar-refractivity contribution is 5.95. The molecule has 0 heterocycles. The molecule has 0 bridgehead atoms. The average Bonchev–Trinajstić information content (AvgIpc) is 2.45. The summed E-state index contributed by atoms with van der Waals surface area (Å²) in [7, 11) is 0. The van der Waals surface area contributed by atoms with E-state index in [1.54, 1.807) is 12.1 Å². The van der Waals surface area contributed by atoms with Gasteiger partial charge in [0.1, 0.15) is 6.26 Å². The van der Waals surface area contributed by atoms with Crippen LogP contribution in [0.3, 0.4) is 0 Å². The van der Waals surface area contributed by atoms with Gasteiger partial charge in [-0.25, -0.2) is 14.5 Å². The van der Waals surface area contributed by atoms with E-state index in [9.17, 15) is 9.59 Å². The van der Waals surface area contributed by atoms with Crippen LogP contribution in [0.5, 0.6) is 0 Å². The minimum Gasteiger partial charge on any atom is -0.462 e. The summed E-state index contributed by atoms with van der Waals surface area (Å²) in [5.41, 5.74) is 0.496. The molecule has 0 aromatic heterocycles. The molecule has 0 aliphatic heterocycles. The van der Waals surface area contributed by atoms with Crippen LogP contribution in [0.25, 0.3) is 0 Å². The summed E-state index contributed by atoms with van der Waals surface area (Å²) >= 11 is 0. The zero-order chi connectivity index (χ0) is 14.1. The second-order valence-electron chi connectivity index (χ2n) is 3.70. The zero-order valence-electron chi connectivity index (χ0n) is 10.8. The summed E-state index contributed by atoms with van der Waals surface area (Å²) in [6.07, 6.45) is 2.74. The highest BCUT2D eigenvalue weighted by Crippen LogP contribution is 2.09. The predicted molar refractivity (Wildman–Crippen MR) is 68.3 cm³/mol. The third kappa shape index (κ3) is 4.83. The van der Waals surface area contributed by atoms with Crippen molar-refractivity contribution in [3.63, 3.8) is 0 Å². The summed E-state index contributed by atoms with van der Waals surface area (Å²) in [5.74, 6) is -1.17. The second kappa shape index (κ2) is 7.92. The van der Waals surface area contributed by atoms with Crippen molar-refractivity contribution in [2.45, 2.75) is 19.8 Å². The molecule has 0 N–H and O–H groups in total. The summed E-state index contributed by atoms with van der Waals surface area (Å²) in [5, 5.41) is 0. The van der Waals surface area contributed by atoms with E-state index >= 15 is 0 Å². The second-order valence-corrected chi connectivity index (χ2v) is 3.70. The number of carbonyl (C=O) groups excluding carboxylic acids is 2. The van der Waals surface area contributed by atoms with E-state index in [1.807, 2.05) is 6.92 Å². The monoisotopic (exact) mass is 264 g/mol. The van der Waals surface area contributed by atoms with Crippen LogP contribution < -0.4 is 0 Å². The normalized spacial score (nSPS) is 9.53. The molecule has 1 aromatic carbocycles. The van der Waals surface area contributed by atoms with Crippen molar-refractivity contribution in [2.75, 3.05) is 6.61 Å². The van der Waals surface area contributed by atoms with E-state index in [4.69, 9.17) is 4.74 Å². The molecular weight excluding hydrogens is 248 g/mol. The zero-order valence-corrected chi connectivity index (χ0v) is 10.8. The number of ether oxygens (including phenoxy) is 1. The van der Waals surface area contributed by atoms with Crippen LogP contribution in [-0.4, -0.2) is 18.5 Å². The molecule has 0 unspecified atom stereocenters. The summed E-state index contributed by atoms with van der Waals surface area (Å²) in [6.45, 7) is 5.61. The molecular formula is C14H16O5. The van der Waals surface area contributed by atoms with Crippen LogP contribution in [0.1, 0.15) is 40.5 Å². The fourth-order valence-electron chi connectivity index (χ4n) is 1.29. The smallest absolute Gasteiger partial charge is 0.386 e. The van der Waals surface area contributed by atoms with Gasteiger partial charge in [0.25, 0.3) is 0 Å². The average molecular weight is 264 g/mol. The summed E-state index contributed by atoms with van der Waals surface area (Å²) in [6, 6.07) is 6.04. The number of carbonyl (C=O) groups is 2. The van der Waals surface area contributed by atoms with Crippen molar-refractivity contribution >= 4 is 11.9 Å². The molecule has 0 saturated carbocycles. The number of hydrogen-bond donors (Lipinski definition) is 0. The molecule has 19 heavy (non-hydrogen) atoms. The van der Waals surface area contributed by atoms with E-state index in [-0.39, 0.29) is 5.56 Å². The molecule has 0 radical (unpaired) electrons. The first-order valence-corrected chi connectivity index (χ1v) is 5.94. The molecule has 1 aromatic rings. The lowest BCUT2D eigenvalue weighted by Gasteiger charge is -2.05. The van der Waals surface area contributed by atoms with Gasteiger partial charge in [-0.1, -0.05) is 26.0 Å². The van der Waals surface area contributed by atoms with E-state index in [2.05, 4.69) is 16.4 Å². The predicted octanol–water partition coefficient (Wildman–Crippen LogP) is 2.88. The topological polar surface area (TPSA) is 61.8 Å². The molecule has 0 saturated heterocycles. The largest absolute Gasteiger partial charge is 0.462 e. The number of rotatable bonds is 7. The molecule has 0 aliphatic rings. The van der Waals surface area contributed by atoms with Crippen molar-refractivity contribution < 1.29 is 24.1 Å². The van der Waals surface area contributed by atoms with Crippen LogP contribution in [0.4, 0.5) is 0 Å². The van der Waals surface area contributed by atoms with Crippen LogP contribution in [-0.2, 0) is 14.5 Å². The van der Waals surface area contributed by atoms with Gasteiger partial charge in [-0.3, -0.25) is 4.89 Å². The third-order valence-corrected chi connectivity index (χ3v) is 2.26. The van der Waals surface area contributed by atoms with E-state index in [0.717, 1.165) is 19.1 Å². The number of hydrogen-bond acceptors (Lipinski definition) is 5. The van der Waals surface area contributed by atoms with Gasteiger partial charge in [0.05, 0.1) is 17.7 Å². The molecule has 0 aliphatic carbocycles. The first-order chi connectivity index (χ1) is 9.19. The lowest BCUT2D eigenvalue weighted by atomic mass is 10.1. The Kier molecular flexibility index (Phi) is 6.15. The Morgan fingerprint density at radius 2 is 1.95 bits per heavy atom. The fourth-order valence-corrected chi connectivity index (χ4v) is 1.29. The molecule has 1 rings (SSSR count). The maximum Gasteiger partial charge on any atom is 0.386 e. The van der Waals surface area contributed by atoms with Gasteiger partial charge in [0, 0.05) is 0 Å². The van der Waals surface area contributed by atoms with Gasteiger partial charge in [-0.2, -0.15) is 0 Å².